The third-order valence-electron chi connectivity index (χ3n) is 1.59. The van der Waals surface area contributed by atoms with E-state index in [0.717, 1.165) is 32.8 Å². The zero-order valence-electron chi connectivity index (χ0n) is 6.43. The molecule has 0 aromatic heterocycles. The summed E-state index contributed by atoms with van der Waals surface area (Å²) in [4.78, 5) is 0. The summed E-state index contributed by atoms with van der Waals surface area (Å²) in [6, 6.07) is 0. The summed E-state index contributed by atoms with van der Waals surface area (Å²) < 4.78 is 10.6. The maximum absolute atomic E-state index is 5.46. The molecule has 1 aliphatic heterocycles. The van der Waals surface area contributed by atoms with E-state index in [9.17, 15) is 0 Å². The van der Waals surface area contributed by atoms with Crippen molar-refractivity contribution in [1.82, 2.24) is 5.32 Å². The molecular formula is C7H15NO2. The van der Waals surface area contributed by atoms with Crippen LogP contribution < -0.4 is 5.32 Å². The molecule has 1 saturated heterocycles. The van der Waals surface area contributed by atoms with Gasteiger partial charge >= 0.3 is 0 Å². The van der Waals surface area contributed by atoms with Crippen LogP contribution in [0.2, 0.25) is 0 Å². The normalized spacial score (nSPS) is 25.5. The van der Waals surface area contributed by atoms with Crippen molar-refractivity contribution in [3.05, 3.63) is 0 Å². The Hall–Kier alpha value is -0.120. The van der Waals surface area contributed by atoms with Crippen molar-refractivity contribution >= 4 is 0 Å². The van der Waals surface area contributed by atoms with Crippen LogP contribution in [0.5, 0.6) is 0 Å². The van der Waals surface area contributed by atoms with Gasteiger partial charge in [0, 0.05) is 13.2 Å². The maximum Gasteiger partial charge on any atom is 0.0831 e. The van der Waals surface area contributed by atoms with Crippen LogP contribution >= 0.6 is 0 Å². The number of likely N-dealkylation sites (N-methyl/N-ethyl adjacent to an activating group) is 1. The van der Waals surface area contributed by atoms with E-state index in [1.165, 1.54) is 0 Å². The molecule has 60 valence electrons. The summed E-state index contributed by atoms with van der Waals surface area (Å²) in [6.45, 7) is 3.37. The van der Waals surface area contributed by atoms with Crippen LogP contribution in [-0.4, -0.2) is 39.5 Å². The van der Waals surface area contributed by atoms with Crippen molar-refractivity contribution in [3.63, 3.8) is 0 Å². The summed E-state index contributed by atoms with van der Waals surface area (Å²) in [7, 11) is 1.93. The van der Waals surface area contributed by atoms with E-state index in [1.807, 2.05) is 7.05 Å². The summed E-state index contributed by atoms with van der Waals surface area (Å²) in [6.07, 6.45) is 1.41. The Bertz CT molecular complexity index is 81.7. The molecule has 0 radical (unpaired) electrons. The van der Waals surface area contributed by atoms with Crippen LogP contribution in [0, 0.1) is 0 Å². The lowest BCUT2D eigenvalue weighted by atomic mass is 10.3. The number of ether oxygens (including phenoxy) is 2. The minimum Gasteiger partial charge on any atom is -0.379 e. The fourth-order valence-electron chi connectivity index (χ4n) is 0.972. The number of hydrogen-bond donors (Lipinski definition) is 1. The lowest BCUT2D eigenvalue weighted by Gasteiger charge is -2.08. The van der Waals surface area contributed by atoms with Gasteiger partial charge in [-0.2, -0.15) is 0 Å². The van der Waals surface area contributed by atoms with Crippen LogP contribution in [-0.2, 0) is 9.47 Å². The monoisotopic (exact) mass is 145 g/mol. The number of rotatable bonds is 4. The summed E-state index contributed by atoms with van der Waals surface area (Å²) in [5.41, 5.74) is 0. The third-order valence-corrected chi connectivity index (χ3v) is 1.59. The number of hydrogen-bond acceptors (Lipinski definition) is 3. The molecule has 1 rings (SSSR count). The largest absolute Gasteiger partial charge is 0.379 e. The molecule has 1 atom stereocenters. The lowest BCUT2D eigenvalue weighted by Crippen LogP contribution is -2.20. The van der Waals surface area contributed by atoms with Crippen LogP contribution in [0.25, 0.3) is 0 Å². The molecule has 0 bridgehead atoms. The van der Waals surface area contributed by atoms with E-state index >= 15 is 0 Å². The number of nitrogens with one attached hydrogen (secondary N) is 1. The summed E-state index contributed by atoms with van der Waals surface area (Å²) >= 11 is 0. The van der Waals surface area contributed by atoms with Gasteiger partial charge in [0.2, 0.25) is 0 Å². The summed E-state index contributed by atoms with van der Waals surface area (Å²) in [5, 5.41) is 3.03. The topological polar surface area (TPSA) is 30.5 Å². The van der Waals surface area contributed by atoms with Crippen molar-refractivity contribution in [3.8, 4) is 0 Å². The SMILES string of the molecule is CNCCO[C@@H]1CCOC1. The minimum absolute atomic E-state index is 0.355. The van der Waals surface area contributed by atoms with Gasteiger partial charge in [0.15, 0.2) is 0 Å². The second-order valence-electron chi connectivity index (χ2n) is 2.46. The molecule has 0 spiro atoms. The molecule has 3 heteroatoms. The van der Waals surface area contributed by atoms with Crippen LogP contribution in [0.1, 0.15) is 6.42 Å². The van der Waals surface area contributed by atoms with Crippen LogP contribution in [0.15, 0.2) is 0 Å². The quantitative estimate of drug-likeness (QED) is 0.565. The maximum atomic E-state index is 5.46. The predicted molar refractivity (Wildman–Crippen MR) is 39.1 cm³/mol. The van der Waals surface area contributed by atoms with Gasteiger partial charge in [-0.1, -0.05) is 0 Å². The van der Waals surface area contributed by atoms with Crippen molar-refractivity contribution in [1.29, 1.82) is 0 Å². The molecule has 0 aromatic rings. The highest BCUT2D eigenvalue weighted by Gasteiger charge is 2.14. The summed E-state index contributed by atoms with van der Waals surface area (Å²) in [5.74, 6) is 0. The van der Waals surface area contributed by atoms with Crippen molar-refractivity contribution in [2.24, 2.45) is 0 Å². The van der Waals surface area contributed by atoms with Gasteiger partial charge < -0.3 is 14.8 Å². The Morgan fingerprint density at radius 3 is 3.20 bits per heavy atom. The fourth-order valence-corrected chi connectivity index (χ4v) is 0.972. The molecule has 1 heterocycles. The van der Waals surface area contributed by atoms with E-state index in [1.54, 1.807) is 0 Å². The van der Waals surface area contributed by atoms with Crippen molar-refractivity contribution < 1.29 is 9.47 Å². The Morgan fingerprint density at radius 2 is 2.60 bits per heavy atom. The van der Waals surface area contributed by atoms with Crippen molar-refractivity contribution in [2.75, 3.05) is 33.4 Å². The van der Waals surface area contributed by atoms with Gasteiger partial charge in [-0.3, -0.25) is 0 Å². The molecular weight excluding hydrogens is 130 g/mol. The molecule has 1 fully saturated rings. The highest BCUT2D eigenvalue weighted by molar-refractivity contribution is 4.62. The van der Waals surface area contributed by atoms with Crippen LogP contribution in [0.4, 0.5) is 0 Å². The Kier molecular flexibility index (Phi) is 3.72. The minimum atomic E-state index is 0.355. The van der Waals surface area contributed by atoms with Gasteiger partial charge in [0.25, 0.3) is 0 Å². The van der Waals surface area contributed by atoms with Gasteiger partial charge in [0.1, 0.15) is 0 Å². The molecule has 0 unspecified atom stereocenters. The molecule has 1 aliphatic rings. The predicted octanol–water partition coefficient (Wildman–Crippen LogP) is 0.0113. The second-order valence-corrected chi connectivity index (χ2v) is 2.46. The average molecular weight is 145 g/mol. The van der Waals surface area contributed by atoms with E-state index in [-0.39, 0.29) is 0 Å². The first-order valence-corrected chi connectivity index (χ1v) is 3.77. The van der Waals surface area contributed by atoms with Gasteiger partial charge in [-0.05, 0) is 13.5 Å². The van der Waals surface area contributed by atoms with E-state index < -0.39 is 0 Å². The second kappa shape index (κ2) is 4.66. The third kappa shape index (κ3) is 2.64. The first kappa shape index (κ1) is 7.98. The Balaban J connectivity index is 1.91. The van der Waals surface area contributed by atoms with Gasteiger partial charge in [0.05, 0.1) is 19.3 Å². The molecule has 0 saturated carbocycles. The highest BCUT2D eigenvalue weighted by atomic mass is 16.5. The first-order valence-electron chi connectivity index (χ1n) is 3.77. The standard InChI is InChI=1S/C7H15NO2/c1-8-3-5-10-7-2-4-9-6-7/h7-8H,2-6H2,1H3/t7-/m1/s1. The molecule has 3 nitrogen and oxygen atoms in total. The fraction of sp³-hybridized carbons (Fsp3) is 1.00. The molecule has 1 N–H and O–H groups in total. The lowest BCUT2D eigenvalue weighted by molar-refractivity contribution is 0.0452. The van der Waals surface area contributed by atoms with E-state index in [2.05, 4.69) is 5.32 Å². The zero-order valence-corrected chi connectivity index (χ0v) is 6.43. The highest BCUT2D eigenvalue weighted by Crippen LogP contribution is 2.06. The van der Waals surface area contributed by atoms with Gasteiger partial charge in [-0.15, -0.1) is 0 Å². The first-order chi connectivity index (χ1) is 4.93. The molecule has 0 amide bonds. The zero-order chi connectivity index (χ0) is 7.23. The van der Waals surface area contributed by atoms with E-state index in [0.29, 0.717) is 6.10 Å². The smallest absolute Gasteiger partial charge is 0.0831 e. The van der Waals surface area contributed by atoms with E-state index in [4.69, 9.17) is 9.47 Å². The molecule has 10 heavy (non-hydrogen) atoms. The van der Waals surface area contributed by atoms with Crippen molar-refractivity contribution in [2.45, 2.75) is 12.5 Å². The van der Waals surface area contributed by atoms with Gasteiger partial charge in [-0.25, -0.2) is 0 Å². The molecule has 0 aromatic carbocycles. The Labute approximate surface area is 61.7 Å². The average Bonchev–Trinajstić information content (AvgIpc) is 2.41. The van der Waals surface area contributed by atoms with Crippen LogP contribution in [0.3, 0.4) is 0 Å². The Morgan fingerprint density at radius 1 is 1.70 bits per heavy atom. The molecule has 0 aliphatic carbocycles.